The monoisotopic (exact) mass is 473 g/mol. The molecule has 2 aromatic carbocycles. The van der Waals surface area contributed by atoms with E-state index in [0.717, 1.165) is 37.1 Å². The van der Waals surface area contributed by atoms with Crippen LogP contribution in [0.1, 0.15) is 72.3 Å². The molecule has 184 valence electrons. The fraction of sp³-hybridized carbons (Fsp3) is 0.517. The minimum absolute atomic E-state index is 0.0421. The number of fused-ring (bicyclic) bond motifs is 1. The van der Waals surface area contributed by atoms with Gasteiger partial charge in [0.2, 0.25) is 6.79 Å². The van der Waals surface area contributed by atoms with Crippen molar-refractivity contribution in [2.24, 2.45) is 11.8 Å². The summed E-state index contributed by atoms with van der Waals surface area (Å²) in [5, 5.41) is 12.0. The minimum atomic E-state index is -0.0421. The van der Waals surface area contributed by atoms with E-state index < -0.39 is 0 Å². The van der Waals surface area contributed by atoms with Crippen LogP contribution in [-0.2, 0) is 0 Å². The Hall–Kier alpha value is -3.04. The Morgan fingerprint density at radius 1 is 0.971 bits per heavy atom. The number of likely N-dealkylation sites (tertiary alicyclic amines) is 1. The number of nitriles is 1. The molecule has 0 unspecified atom stereocenters. The van der Waals surface area contributed by atoms with E-state index in [1.54, 1.807) is 24.3 Å². The number of benzene rings is 2. The first-order valence-electron chi connectivity index (χ1n) is 13.1. The minimum Gasteiger partial charge on any atom is -0.454 e. The van der Waals surface area contributed by atoms with Gasteiger partial charge in [-0.05, 0) is 99.8 Å². The molecule has 3 aliphatic rings. The molecule has 2 fully saturated rings. The molecule has 0 bridgehead atoms. The number of ether oxygens (including phenoxy) is 2. The largest absolute Gasteiger partial charge is 0.454 e. The van der Waals surface area contributed by atoms with Gasteiger partial charge in [0.15, 0.2) is 11.5 Å². The number of para-hydroxylation sites is 1. The summed E-state index contributed by atoms with van der Waals surface area (Å²) in [6.07, 6.45) is 8.58. The summed E-state index contributed by atoms with van der Waals surface area (Å²) in [7, 11) is 0. The van der Waals surface area contributed by atoms with Crippen LogP contribution in [0.5, 0.6) is 11.5 Å². The van der Waals surface area contributed by atoms with E-state index in [-0.39, 0.29) is 5.91 Å². The molecule has 1 amide bonds. The van der Waals surface area contributed by atoms with Crippen molar-refractivity contribution in [1.82, 2.24) is 10.2 Å². The molecule has 0 radical (unpaired) electrons. The molecule has 6 heteroatoms. The number of piperidine rings is 1. The second kappa shape index (κ2) is 11.1. The Morgan fingerprint density at radius 2 is 1.71 bits per heavy atom. The first-order valence-corrected chi connectivity index (χ1v) is 13.1. The summed E-state index contributed by atoms with van der Waals surface area (Å²) < 4.78 is 11.3. The van der Waals surface area contributed by atoms with Gasteiger partial charge in [-0.25, -0.2) is 0 Å². The predicted molar refractivity (Wildman–Crippen MR) is 135 cm³/mol. The number of hydrogen-bond acceptors (Lipinski definition) is 5. The Balaban J connectivity index is 0.988. The van der Waals surface area contributed by atoms with Crippen LogP contribution >= 0.6 is 0 Å². The van der Waals surface area contributed by atoms with Crippen molar-refractivity contribution in [3.05, 3.63) is 59.2 Å². The highest BCUT2D eigenvalue weighted by Crippen LogP contribution is 2.42. The normalized spacial score (nSPS) is 22.5. The van der Waals surface area contributed by atoms with Crippen LogP contribution in [0, 0.1) is 23.2 Å². The molecule has 1 N–H and O–H groups in total. The molecule has 0 spiro atoms. The fourth-order valence-electron chi connectivity index (χ4n) is 5.87. The van der Waals surface area contributed by atoms with Crippen molar-refractivity contribution in [2.75, 3.05) is 33.0 Å². The quantitative estimate of drug-likeness (QED) is 0.606. The van der Waals surface area contributed by atoms with Gasteiger partial charge in [-0.3, -0.25) is 4.79 Å². The zero-order valence-corrected chi connectivity index (χ0v) is 20.4. The van der Waals surface area contributed by atoms with E-state index in [1.165, 1.54) is 57.1 Å². The Kier molecular flexibility index (Phi) is 7.54. The topological polar surface area (TPSA) is 74.6 Å². The standard InChI is InChI=1S/C29H35N3O3/c30-18-22-8-10-25(11-9-22)29(33)31-19-23-6-4-21(5-7-23)12-15-32-16-13-24(14-17-32)26-2-1-3-27-28(26)35-20-34-27/h1-3,8-11,21,23-24H,4-7,12-17,19-20H2,(H,31,33). The first kappa shape index (κ1) is 23.7. The second-order valence-electron chi connectivity index (χ2n) is 10.3. The number of carbonyl (C=O) groups is 1. The van der Waals surface area contributed by atoms with Crippen LogP contribution in [-0.4, -0.2) is 43.8 Å². The van der Waals surface area contributed by atoms with Crippen LogP contribution in [0.2, 0.25) is 0 Å². The third-order valence-corrected chi connectivity index (χ3v) is 8.10. The van der Waals surface area contributed by atoms with Crippen LogP contribution in [0.25, 0.3) is 0 Å². The van der Waals surface area contributed by atoms with E-state index in [4.69, 9.17) is 14.7 Å². The predicted octanol–water partition coefficient (Wildman–Crippen LogP) is 5.09. The van der Waals surface area contributed by atoms with E-state index in [1.807, 2.05) is 6.07 Å². The van der Waals surface area contributed by atoms with Gasteiger partial charge in [0.05, 0.1) is 11.6 Å². The molecule has 1 saturated carbocycles. The molecule has 1 aliphatic carbocycles. The summed E-state index contributed by atoms with van der Waals surface area (Å²) in [5.41, 5.74) is 2.52. The fourth-order valence-corrected chi connectivity index (χ4v) is 5.87. The second-order valence-corrected chi connectivity index (χ2v) is 10.3. The van der Waals surface area contributed by atoms with Crippen molar-refractivity contribution >= 4 is 5.91 Å². The van der Waals surface area contributed by atoms with E-state index >= 15 is 0 Å². The lowest BCUT2D eigenvalue weighted by atomic mass is 9.80. The van der Waals surface area contributed by atoms with E-state index in [0.29, 0.717) is 29.8 Å². The molecular weight excluding hydrogens is 438 g/mol. The lowest BCUT2D eigenvalue weighted by Crippen LogP contribution is -2.35. The summed E-state index contributed by atoms with van der Waals surface area (Å²) >= 11 is 0. The zero-order chi connectivity index (χ0) is 24.0. The maximum atomic E-state index is 12.4. The highest BCUT2D eigenvalue weighted by Gasteiger charge is 2.28. The summed E-state index contributed by atoms with van der Waals surface area (Å²) in [4.78, 5) is 15.0. The number of amides is 1. The highest BCUT2D eigenvalue weighted by molar-refractivity contribution is 5.94. The molecule has 35 heavy (non-hydrogen) atoms. The van der Waals surface area contributed by atoms with Crippen molar-refractivity contribution in [1.29, 1.82) is 5.26 Å². The summed E-state index contributed by atoms with van der Waals surface area (Å²) in [5.74, 6) is 3.77. The lowest BCUT2D eigenvalue weighted by molar-refractivity contribution is 0.0940. The number of hydrogen-bond donors (Lipinski definition) is 1. The van der Waals surface area contributed by atoms with Gasteiger partial charge in [0, 0.05) is 17.7 Å². The maximum Gasteiger partial charge on any atom is 0.251 e. The Bertz CT molecular complexity index is 1050. The van der Waals surface area contributed by atoms with Gasteiger partial charge >= 0.3 is 0 Å². The van der Waals surface area contributed by atoms with Gasteiger partial charge in [-0.15, -0.1) is 0 Å². The van der Waals surface area contributed by atoms with E-state index in [2.05, 4.69) is 28.4 Å². The van der Waals surface area contributed by atoms with Crippen LogP contribution in [0.15, 0.2) is 42.5 Å². The maximum absolute atomic E-state index is 12.4. The van der Waals surface area contributed by atoms with Gasteiger partial charge < -0.3 is 19.7 Å². The average molecular weight is 474 g/mol. The Labute approximate surface area is 208 Å². The zero-order valence-electron chi connectivity index (χ0n) is 20.4. The molecule has 2 heterocycles. The molecule has 5 rings (SSSR count). The third kappa shape index (κ3) is 5.79. The van der Waals surface area contributed by atoms with Gasteiger partial charge in [0.1, 0.15) is 0 Å². The smallest absolute Gasteiger partial charge is 0.251 e. The first-order chi connectivity index (χ1) is 17.2. The van der Waals surface area contributed by atoms with Crippen molar-refractivity contribution in [3.63, 3.8) is 0 Å². The van der Waals surface area contributed by atoms with Crippen molar-refractivity contribution in [3.8, 4) is 17.6 Å². The number of carbonyl (C=O) groups excluding carboxylic acids is 1. The van der Waals surface area contributed by atoms with Gasteiger partial charge in [-0.1, -0.05) is 25.0 Å². The average Bonchev–Trinajstić information content (AvgIpc) is 3.41. The molecule has 2 aromatic rings. The van der Waals surface area contributed by atoms with E-state index in [9.17, 15) is 4.79 Å². The Morgan fingerprint density at radius 3 is 2.46 bits per heavy atom. The van der Waals surface area contributed by atoms with Crippen LogP contribution in [0.4, 0.5) is 0 Å². The molecule has 2 aliphatic heterocycles. The SMILES string of the molecule is N#Cc1ccc(C(=O)NCC2CCC(CCN3CCC(c4cccc5c4OCO5)CC3)CC2)cc1. The molecular formula is C29H35N3O3. The van der Waals surface area contributed by atoms with Gasteiger partial charge in [-0.2, -0.15) is 5.26 Å². The van der Waals surface area contributed by atoms with Crippen molar-refractivity contribution < 1.29 is 14.3 Å². The molecule has 1 saturated heterocycles. The summed E-state index contributed by atoms with van der Waals surface area (Å²) in [6.45, 7) is 4.61. The highest BCUT2D eigenvalue weighted by atomic mass is 16.7. The van der Waals surface area contributed by atoms with Crippen LogP contribution in [0.3, 0.4) is 0 Å². The molecule has 6 nitrogen and oxygen atoms in total. The third-order valence-electron chi connectivity index (χ3n) is 8.10. The molecule has 0 atom stereocenters. The van der Waals surface area contributed by atoms with Crippen LogP contribution < -0.4 is 14.8 Å². The number of nitrogens with zero attached hydrogens (tertiary/aromatic N) is 2. The van der Waals surface area contributed by atoms with Gasteiger partial charge in [0.25, 0.3) is 5.91 Å². The summed E-state index contributed by atoms with van der Waals surface area (Å²) in [6, 6.07) is 15.2. The lowest BCUT2D eigenvalue weighted by Gasteiger charge is -2.34. The van der Waals surface area contributed by atoms with Crippen molar-refractivity contribution in [2.45, 2.75) is 50.9 Å². The molecule has 0 aromatic heterocycles. The number of rotatable bonds is 7. The number of nitrogens with one attached hydrogen (secondary N) is 1.